The molecule has 0 aliphatic carbocycles. The average Bonchev–Trinajstić information content (AvgIpc) is 3.42. The molecule has 4 rings (SSSR count). The van der Waals surface area contributed by atoms with Crippen molar-refractivity contribution < 1.29 is 59.1 Å². The molecule has 1 fully saturated rings. The first-order valence-electron chi connectivity index (χ1n) is 8.59. The first-order valence-corrected chi connectivity index (χ1v) is 10.5. The molecule has 2 aliphatic heterocycles. The Bertz CT molecular complexity index is 1160. The number of aliphatic imine (C=N–C) groups is 1. The zero-order valence-electron chi connectivity index (χ0n) is 16.4. The van der Waals surface area contributed by atoms with E-state index in [-0.39, 0.29) is 51.8 Å². The summed E-state index contributed by atoms with van der Waals surface area (Å²) in [7, 11) is 0. The molecule has 32 heavy (non-hydrogen) atoms. The molecule has 15 heteroatoms. The van der Waals surface area contributed by atoms with Gasteiger partial charge in [0.15, 0.2) is 16.9 Å². The van der Waals surface area contributed by atoms with Gasteiger partial charge in [-0.2, -0.15) is 0 Å². The number of nitrogens with two attached hydrogens (primary N) is 1. The van der Waals surface area contributed by atoms with Gasteiger partial charge in [-0.3, -0.25) is 14.7 Å². The van der Waals surface area contributed by atoms with Crippen LogP contribution in [0.15, 0.2) is 49.7 Å². The Balaban J connectivity index is 0.00000289. The summed E-state index contributed by atoms with van der Waals surface area (Å²) < 4.78 is 4.94. The molecule has 1 saturated heterocycles. The zero-order chi connectivity index (χ0) is 22.1. The molecule has 2 aromatic rings. The minimum absolute atomic E-state index is 0. The third-order valence-electron chi connectivity index (χ3n) is 4.40. The summed E-state index contributed by atoms with van der Waals surface area (Å²) >= 11 is 2.30. The van der Waals surface area contributed by atoms with Crippen molar-refractivity contribution in [2.24, 2.45) is 10.1 Å². The number of aromatic nitrogens is 2. The van der Waals surface area contributed by atoms with Crippen molar-refractivity contribution in [1.29, 1.82) is 0 Å². The molecule has 0 saturated carbocycles. The number of β-lactam (4-membered cyclic amide) rings is 1. The van der Waals surface area contributed by atoms with E-state index in [1.165, 1.54) is 23.3 Å². The minimum atomic E-state index is -1.28. The Morgan fingerprint density at radius 3 is 2.81 bits per heavy atom. The molecule has 2 unspecified atom stereocenters. The Morgan fingerprint density at radius 1 is 1.44 bits per heavy atom. The van der Waals surface area contributed by atoms with Crippen molar-refractivity contribution in [2.75, 3.05) is 11.5 Å². The first-order chi connectivity index (χ1) is 14.9. The zero-order valence-corrected chi connectivity index (χ0v) is 20.0. The number of allylic oxidation sites excluding steroid dienone is 1. The number of oxime groups is 1. The van der Waals surface area contributed by atoms with E-state index in [0.29, 0.717) is 11.3 Å². The first kappa shape index (κ1) is 24.0. The number of anilines is 1. The van der Waals surface area contributed by atoms with Crippen LogP contribution in [0.2, 0.25) is 0 Å². The predicted octanol–water partition coefficient (Wildman–Crippen LogP) is -3.01. The van der Waals surface area contributed by atoms with Gasteiger partial charge < -0.3 is 25.7 Å². The van der Waals surface area contributed by atoms with E-state index >= 15 is 0 Å². The summed E-state index contributed by atoms with van der Waals surface area (Å²) in [5.74, 6) is -2.19. The van der Waals surface area contributed by atoms with Crippen LogP contribution < -0.4 is 40.4 Å². The third-order valence-corrected chi connectivity index (χ3v) is 6.36. The summed E-state index contributed by atoms with van der Waals surface area (Å²) in [5, 5.41) is 38.7. The van der Waals surface area contributed by atoms with E-state index in [0.717, 1.165) is 16.2 Å². The van der Waals surface area contributed by atoms with Crippen LogP contribution in [0.4, 0.5) is 5.13 Å². The number of nitrogen functional groups attached to an aromatic ring is 1. The fraction of sp³-hybridized carbons (Fsp3) is 0.176. The largest absolute Gasteiger partial charge is 1.00 e. The molecule has 0 radical (unpaired) electrons. The van der Waals surface area contributed by atoms with E-state index in [1.807, 2.05) is 0 Å². The van der Waals surface area contributed by atoms with Gasteiger partial charge in [-0.15, -0.1) is 23.1 Å². The number of hydrogen-bond donors (Lipinski definition) is 3. The fourth-order valence-corrected chi connectivity index (χ4v) is 4.87. The number of aliphatic carboxylic acids is 1. The van der Waals surface area contributed by atoms with Crippen LogP contribution >= 0.6 is 23.1 Å². The molecule has 2 atom stereocenters. The molecule has 0 aromatic carbocycles. The topological polar surface area (TPSA) is 191 Å². The van der Waals surface area contributed by atoms with Crippen molar-refractivity contribution in [2.45, 2.75) is 11.4 Å². The number of carboxylic acid groups (broad SMARTS) is 1. The van der Waals surface area contributed by atoms with Gasteiger partial charge >= 0.3 is 35.5 Å². The number of rotatable bonds is 6. The Kier molecular flexibility index (Phi) is 7.40. The van der Waals surface area contributed by atoms with Crippen molar-refractivity contribution in [3.63, 3.8) is 0 Å². The smallest absolute Gasteiger partial charge is 0.857 e. The summed E-state index contributed by atoms with van der Waals surface area (Å²) in [5.41, 5.74) is 5.31. The van der Waals surface area contributed by atoms with Crippen molar-refractivity contribution in [3.05, 3.63) is 46.4 Å². The number of carboxylic acids is 1. The van der Waals surface area contributed by atoms with Crippen molar-refractivity contribution in [3.8, 4) is 0 Å². The summed E-state index contributed by atoms with van der Waals surface area (Å²) in [6.07, 6.45) is 4.54. The number of hydrogen-bond acceptors (Lipinski definition) is 12. The summed E-state index contributed by atoms with van der Waals surface area (Å²) in [6.45, 7) is 0. The average molecular weight is 484 g/mol. The second-order valence-electron chi connectivity index (χ2n) is 6.24. The molecule has 12 nitrogen and oxygen atoms in total. The normalized spacial score (nSPS) is 21.4. The number of fused-ring (bicyclic) bond motifs is 1. The van der Waals surface area contributed by atoms with Crippen LogP contribution in [-0.2, 0) is 9.59 Å². The van der Waals surface area contributed by atoms with Crippen LogP contribution in [-0.4, -0.2) is 66.0 Å². The number of carbonyl (C=O) groups is 2. The molecule has 1 amide bonds. The van der Waals surface area contributed by atoms with Gasteiger partial charge in [0.1, 0.15) is 22.5 Å². The number of amides is 1. The molecular formula is C17H13N6NaO6S2. The fourth-order valence-electron chi connectivity index (χ4n) is 3.02. The van der Waals surface area contributed by atoms with Crippen LogP contribution in [0.25, 0.3) is 6.08 Å². The summed E-state index contributed by atoms with van der Waals surface area (Å²) in [6, 6.07) is 0.487. The van der Waals surface area contributed by atoms with Crippen LogP contribution in [0.3, 0.4) is 0 Å². The van der Waals surface area contributed by atoms with E-state index in [1.54, 1.807) is 18.2 Å². The van der Waals surface area contributed by atoms with Crippen LogP contribution in [0.1, 0.15) is 11.5 Å². The van der Waals surface area contributed by atoms with Gasteiger partial charge in [0, 0.05) is 23.1 Å². The van der Waals surface area contributed by atoms with E-state index in [9.17, 15) is 25.0 Å². The number of thioether (sulfide) groups is 1. The monoisotopic (exact) mass is 484 g/mol. The van der Waals surface area contributed by atoms with Crippen LogP contribution in [0.5, 0.6) is 0 Å². The van der Waals surface area contributed by atoms with Gasteiger partial charge in [0.2, 0.25) is 0 Å². The van der Waals surface area contributed by atoms with E-state index < -0.39 is 34.9 Å². The molecule has 0 spiro atoms. The maximum absolute atomic E-state index is 12.7. The summed E-state index contributed by atoms with van der Waals surface area (Å²) in [4.78, 5) is 33.3. The standard InChI is InChI=1S/C17H14N6O6S2.Na/c18-17-20-9(6-31-17)10(22-28)13(24)21-11-14(25)23-12(16(26)27)7(5-30-15(11)23)1-2-8-3-4-19-29-8;/h1-4,6,11,15,28H,5H2,(H2,18,20)(H,21,24)(H,26,27);/q;+1/p-1/b2-1+,22-10-;. The molecule has 160 valence electrons. The number of carbonyl (C=O) groups excluding carboxylic acids is 1. The van der Waals surface area contributed by atoms with E-state index in [2.05, 4.69) is 20.3 Å². The van der Waals surface area contributed by atoms with Gasteiger partial charge in [-0.25, -0.2) is 9.78 Å². The Hall–Kier alpha value is -2.65. The second-order valence-corrected chi connectivity index (χ2v) is 8.23. The van der Waals surface area contributed by atoms with Gasteiger partial charge in [-0.05, 0) is 11.6 Å². The number of nitrogens with zero attached hydrogens (tertiary/aromatic N) is 5. The van der Waals surface area contributed by atoms with Gasteiger partial charge in [0.05, 0.1) is 6.20 Å². The number of thiazole rings is 1. The second kappa shape index (κ2) is 9.87. The van der Waals surface area contributed by atoms with Gasteiger partial charge in [-0.1, -0.05) is 16.4 Å². The molecule has 2 aliphatic rings. The molecule has 2 aromatic heterocycles. The van der Waals surface area contributed by atoms with Crippen molar-refractivity contribution >= 4 is 57.8 Å². The van der Waals surface area contributed by atoms with E-state index in [4.69, 9.17) is 10.3 Å². The Labute approximate surface area is 210 Å². The van der Waals surface area contributed by atoms with Crippen molar-refractivity contribution in [1.82, 2.24) is 15.0 Å². The van der Waals surface area contributed by atoms with Crippen LogP contribution in [0, 0.1) is 0 Å². The molecule has 4 N–H and O–H groups in total. The molecular weight excluding hydrogens is 471 g/mol. The Morgan fingerprint density at radius 2 is 2.22 bits per heavy atom. The maximum Gasteiger partial charge on any atom is 1.00 e. The molecule has 0 bridgehead atoms. The minimum Gasteiger partial charge on any atom is -0.857 e. The quantitative estimate of drug-likeness (QED) is 0.0950. The SMILES string of the molecule is Nc1nc(/C(=N/O)C([O-])=NC2C(=O)N3C(C(=O)O)=C(/C=C/c4ccno4)CSC23)cs1.[Na+]. The third kappa shape index (κ3) is 4.45. The predicted molar refractivity (Wildman–Crippen MR) is 109 cm³/mol. The van der Waals surface area contributed by atoms with Gasteiger partial charge in [0.25, 0.3) is 5.91 Å². The molecule has 4 heterocycles. The maximum atomic E-state index is 12.7.